The van der Waals surface area contributed by atoms with Crippen molar-refractivity contribution in [2.24, 2.45) is 0 Å². The summed E-state index contributed by atoms with van der Waals surface area (Å²) in [5, 5.41) is 20.2. The Balaban J connectivity index is 2.90. The predicted octanol–water partition coefficient (Wildman–Crippen LogP) is 1.94. The van der Waals surface area contributed by atoms with Crippen molar-refractivity contribution in [1.82, 2.24) is 4.98 Å². The third-order valence-electron chi connectivity index (χ3n) is 2.34. The van der Waals surface area contributed by atoms with Gasteiger partial charge in [0.25, 0.3) is 0 Å². The number of anilines is 1. The molecule has 7 nitrogen and oxygen atoms in total. The molecule has 0 aliphatic rings. The van der Waals surface area contributed by atoms with E-state index in [1.54, 1.807) is 0 Å². The van der Waals surface area contributed by atoms with Gasteiger partial charge >= 0.3 is 11.9 Å². The summed E-state index contributed by atoms with van der Waals surface area (Å²) < 4.78 is 0. The van der Waals surface area contributed by atoms with Crippen LogP contribution in [0.1, 0.15) is 49.0 Å². The molecule has 0 saturated heterocycles. The van der Waals surface area contributed by atoms with Crippen molar-refractivity contribution in [2.75, 3.05) is 5.32 Å². The Morgan fingerprint density at radius 3 is 2.20 bits per heavy atom. The Labute approximate surface area is 119 Å². The Morgan fingerprint density at radius 2 is 1.80 bits per heavy atom. The number of aromatic nitrogens is 1. The van der Waals surface area contributed by atoms with Crippen molar-refractivity contribution in [3.8, 4) is 0 Å². The Hall–Kier alpha value is -1.96. The lowest BCUT2D eigenvalue weighted by atomic mass is 9.91. The number of amides is 1. The minimum absolute atomic E-state index is 0.0750. The molecule has 1 heterocycles. The van der Waals surface area contributed by atoms with Gasteiger partial charge in [0.1, 0.15) is 4.88 Å². The second-order valence-electron chi connectivity index (χ2n) is 5.19. The van der Waals surface area contributed by atoms with E-state index in [-0.39, 0.29) is 22.9 Å². The fourth-order valence-corrected chi connectivity index (χ4v) is 2.46. The third-order valence-corrected chi connectivity index (χ3v) is 3.30. The first-order valence-corrected chi connectivity index (χ1v) is 6.69. The fraction of sp³-hybridized carbons (Fsp3) is 0.500. The number of aliphatic carboxylic acids is 1. The van der Waals surface area contributed by atoms with Gasteiger partial charge in [-0.25, -0.2) is 9.78 Å². The average molecular weight is 300 g/mol. The van der Waals surface area contributed by atoms with Crippen molar-refractivity contribution in [1.29, 1.82) is 0 Å². The summed E-state index contributed by atoms with van der Waals surface area (Å²) in [5.41, 5.74) is -0.0719. The van der Waals surface area contributed by atoms with E-state index in [1.165, 1.54) is 0 Å². The zero-order chi connectivity index (χ0) is 15.5. The van der Waals surface area contributed by atoms with Crippen LogP contribution in [0.15, 0.2) is 0 Å². The summed E-state index contributed by atoms with van der Waals surface area (Å²) in [4.78, 5) is 37.2. The Bertz CT molecular complexity index is 545. The van der Waals surface area contributed by atoms with Gasteiger partial charge in [-0.15, -0.1) is 0 Å². The highest BCUT2D eigenvalue weighted by atomic mass is 32.1. The van der Waals surface area contributed by atoms with Crippen molar-refractivity contribution >= 4 is 34.3 Å². The van der Waals surface area contributed by atoms with E-state index < -0.39 is 23.3 Å². The molecule has 0 radical (unpaired) electrons. The number of nitrogens with one attached hydrogen (secondary N) is 1. The lowest BCUT2D eigenvalue weighted by Gasteiger charge is -2.15. The number of rotatable bonds is 5. The minimum atomic E-state index is -1.10. The average Bonchev–Trinajstić information content (AvgIpc) is 2.70. The SMILES string of the molecule is CC(C)(C)c1nc(NC(=O)CCC(=O)O)sc1C(=O)O. The van der Waals surface area contributed by atoms with E-state index in [2.05, 4.69) is 10.3 Å². The first kappa shape index (κ1) is 16.1. The van der Waals surface area contributed by atoms with Crippen LogP contribution in [0.3, 0.4) is 0 Å². The van der Waals surface area contributed by atoms with Gasteiger partial charge in [0, 0.05) is 11.8 Å². The van der Waals surface area contributed by atoms with E-state index in [0.29, 0.717) is 5.69 Å². The van der Waals surface area contributed by atoms with Crippen LogP contribution >= 0.6 is 11.3 Å². The number of hydrogen-bond acceptors (Lipinski definition) is 5. The highest BCUT2D eigenvalue weighted by Crippen LogP contribution is 2.32. The molecule has 0 saturated carbocycles. The van der Waals surface area contributed by atoms with Gasteiger partial charge in [0.15, 0.2) is 5.13 Å². The van der Waals surface area contributed by atoms with Gasteiger partial charge in [-0.3, -0.25) is 9.59 Å². The van der Waals surface area contributed by atoms with Gasteiger partial charge in [-0.05, 0) is 0 Å². The molecule has 1 aromatic heterocycles. The summed E-state index contributed by atoms with van der Waals surface area (Å²) in [6, 6.07) is 0. The summed E-state index contributed by atoms with van der Waals surface area (Å²) in [5.74, 6) is -2.67. The van der Waals surface area contributed by atoms with Gasteiger partial charge in [0.05, 0.1) is 12.1 Å². The molecule has 8 heteroatoms. The van der Waals surface area contributed by atoms with Crippen LogP contribution in [0, 0.1) is 0 Å². The van der Waals surface area contributed by atoms with E-state index >= 15 is 0 Å². The first-order chi connectivity index (χ1) is 9.11. The largest absolute Gasteiger partial charge is 0.481 e. The van der Waals surface area contributed by atoms with E-state index in [1.807, 2.05) is 20.8 Å². The van der Waals surface area contributed by atoms with Crippen LogP contribution < -0.4 is 5.32 Å². The van der Waals surface area contributed by atoms with Crippen LogP contribution in [0.5, 0.6) is 0 Å². The quantitative estimate of drug-likeness (QED) is 0.765. The van der Waals surface area contributed by atoms with E-state index in [4.69, 9.17) is 10.2 Å². The van der Waals surface area contributed by atoms with Crippen LogP contribution in [0.2, 0.25) is 0 Å². The molecule has 0 aliphatic heterocycles. The topological polar surface area (TPSA) is 117 Å². The van der Waals surface area contributed by atoms with Crippen molar-refractivity contribution in [3.05, 3.63) is 10.6 Å². The molecule has 110 valence electrons. The first-order valence-electron chi connectivity index (χ1n) is 5.87. The molecule has 3 N–H and O–H groups in total. The Kier molecular flexibility index (Phi) is 4.83. The molecule has 0 fully saturated rings. The number of carbonyl (C=O) groups excluding carboxylic acids is 1. The normalized spacial score (nSPS) is 11.2. The summed E-state index contributed by atoms with van der Waals surface area (Å²) in [7, 11) is 0. The number of carboxylic acids is 2. The molecule has 1 rings (SSSR count). The van der Waals surface area contributed by atoms with Gasteiger partial charge in [0.2, 0.25) is 5.91 Å². The fourth-order valence-electron chi connectivity index (χ4n) is 1.43. The molecule has 0 spiro atoms. The molecule has 1 aromatic rings. The summed E-state index contributed by atoms with van der Waals surface area (Å²) >= 11 is 0.867. The van der Waals surface area contributed by atoms with Crippen LogP contribution in [-0.2, 0) is 15.0 Å². The minimum Gasteiger partial charge on any atom is -0.481 e. The highest BCUT2D eigenvalue weighted by Gasteiger charge is 2.27. The van der Waals surface area contributed by atoms with Crippen LogP contribution in [0.25, 0.3) is 0 Å². The number of carbonyl (C=O) groups is 3. The molecular formula is C12H16N2O5S. The van der Waals surface area contributed by atoms with Gasteiger partial charge < -0.3 is 15.5 Å². The predicted molar refractivity (Wildman–Crippen MR) is 73.3 cm³/mol. The van der Waals surface area contributed by atoms with Crippen LogP contribution in [0.4, 0.5) is 5.13 Å². The van der Waals surface area contributed by atoms with Crippen molar-refractivity contribution in [2.45, 2.75) is 39.0 Å². The highest BCUT2D eigenvalue weighted by molar-refractivity contribution is 7.17. The molecule has 0 bridgehead atoms. The molecule has 20 heavy (non-hydrogen) atoms. The number of aromatic carboxylic acids is 1. The second kappa shape index (κ2) is 6.00. The van der Waals surface area contributed by atoms with E-state index in [0.717, 1.165) is 11.3 Å². The standard InChI is InChI=1S/C12H16N2O5S/c1-12(2,3)9-8(10(18)19)20-11(14-9)13-6(15)4-5-7(16)17/h4-5H2,1-3H3,(H,16,17)(H,18,19)(H,13,14,15). The molecule has 1 amide bonds. The lowest BCUT2D eigenvalue weighted by molar-refractivity contribution is -0.138. The molecule has 0 aromatic carbocycles. The third kappa shape index (κ3) is 4.30. The lowest BCUT2D eigenvalue weighted by Crippen LogP contribution is -2.17. The molecule has 0 aliphatic carbocycles. The van der Waals surface area contributed by atoms with Gasteiger partial charge in [-0.1, -0.05) is 32.1 Å². The molecule has 0 unspecified atom stereocenters. The van der Waals surface area contributed by atoms with E-state index in [9.17, 15) is 14.4 Å². The number of hydrogen-bond donors (Lipinski definition) is 3. The molecule has 0 atom stereocenters. The van der Waals surface area contributed by atoms with Crippen LogP contribution in [-0.4, -0.2) is 33.0 Å². The number of thiazole rings is 1. The summed E-state index contributed by atoms with van der Waals surface area (Å²) in [6.07, 6.45) is -0.461. The monoisotopic (exact) mass is 300 g/mol. The zero-order valence-corrected chi connectivity index (χ0v) is 12.2. The van der Waals surface area contributed by atoms with Crippen molar-refractivity contribution < 1.29 is 24.6 Å². The molecular weight excluding hydrogens is 284 g/mol. The number of carboxylic acid groups (broad SMARTS) is 2. The maximum Gasteiger partial charge on any atom is 0.347 e. The summed E-state index contributed by atoms with van der Waals surface area (Å²) in [6.45, 7) is 5.47. The zero-order valence-electron chi connectivity index (χ0n) is 11.4. The van der Waals surface area contributed by atoms with Crippen molar-refractivity contribution in [3.63, 3.8) is 0 Å². The maximum atomic E-state index is 11.5. The second-order valence-corrected chi connectivity index (χ2v) is 6.19. The Morgan fingerprint density at radius 1 is 1.20 bits per heavy atom. The van der Waals surface area contributed by atoms with Gasteiger partial charge in [-0.2, -0.15) is 0 Å². The number of nitrogens with zero attached hydrogens (tertiary/aromatic N) is 1. The smallest absolute Gasteiger partial charge is 0.347 e. The maximum absolute atomic E-state index is 11.5.